The Morgan fingerprint density at radius 3 is 1.70 bits per heavy atom. The molecular formula is C6H6N2O2. The van der Waals surface area contributed by atoms with Gasteiger partial charge in [-0.25, -0.2) is 9.59 Å². The van der Waals surface area contributed by atoms with Gasteiger partial charge in [-0.2, -0.15) is 0 Å². The molecule has 0 N–H and O–H groups in total. The molecule has 0 aliphatic heterocycles. The van der Waals surface area contributed by atoms with Crippen molar-refractivity contribution >= 4 is 12.2 Å². The zero-order valence-corrected chi connectivity index (χ0v) is 5.71. The van der Waals surface area contributed by atoms with E-state index in [9.17, 15) is 9.59 Å². The molecule has 0 amide bonds. The molecule has 0 unspecified atom stereocenters. The second-order valence-electron chi connectivity index (χ2n) is 1.73. The van der Waals surface area contributed by atoms with Crippen LogP contribution in [0.3, 0.4) is 0 Å². The van der Waals surface area contributed by atoms with Crippen molar-refractivity contribution in [3.05, 3.63) is 11.4 Å². The smallest absolute Gasteiger partial charge is 0.211 e. The summed E-state index contributed by atoms with van der Waals surface area (Å²) >= 11 is 0. The maximum atomic E-state index is 9.68. The van der Waals surface area contributed by atoms with Crippen molar-refractivity contribution in [2.75, 3.05) is 0 Å². The van der Waals surface area contributed by atoms with Gasteiger partial charge in [0.05, 0.1) is 0 Å². The topological polar surface area (TPSA) is 58.9 Å². The van der Waals surface area contributed by atoms with Gasteiger partial charge in [0, 0.05) is 0 Å². The minimum atomic E-state index is 0.0741. The predicted molar refractivity (Wildman–Crippen MR) is 34.6 cm³/mol. The van der Waals surface area contributed by atoms with Crippen LogP contribution >= 0.6 is 0 Å². The molecule has 0 fully saturated rings. The first kappa shape index (κ1) is 8.50. The Labute approximate surface area is 58.0 Å². The van der Waals surface area contributed by atoms with Crippen LogP contribution in [0, 0.1) is 0 Å². The van der Waals surface area contributed by atoms with Crippen molar-refractivity contribution < 1.29 is 9.59 Å². The van der Waals surface area contributed by atoms with Crippen molar-refractivity contribution in [1.82, 2.24) is 0 Å². The van der Waals surface area contributed by atoms with Gasteiger partial charge in [0.25, 0.3) is 0 Å². The number of hydrogen-bond acceptors (Lipinski definition) is 4. The lowest BCUT2D eigenvalue weighted by Crippen LogP contribution is -1.75. The molecule has 0 aromatic heterocycles. The van der Waals surface area contributed by atoms with Crippen LogP contribution in [0.15, 0.2) is 21.4 Å². The number of allylic oxidation sites excluding steroid dienone is 1. The van der Waals surface area contributed by atoms with Gasteiger partial charge in [0.2, 0.25) is 12.2 Å². The molecule has 0 aliphatic rings. The highest BCUT2D eigenvalue weighted by molar-refractivity contribution is 5.42. The number of isocyanates is 2. The second-order valence-corrected chi connectivity index (χ2v) is 1.73. The molecule has 0 saturated heterocycles. The molecule has 0 atom stereocenters. The standard InChI is InChI=1S/C6H6N2O2/c1-5(2)6(7-3-9)8-4-10/h1-2H3. The Bertz CT molecular complexity index is 218. The van der Waals surface area contributed by atoms with Crippen molar-refractivity contribution in [3.8, 4) is 0 Å². The van der Waals surface area contributed by atoms with Crippen LogP contribution in [0.4, 0.5) is 0 Å². The van der Waals surface area contributed by atoms with Gasteiger partial charge in [-0.05, 0) is 19.4 Å². The van der Waals surface area contributed by atoms with Crippen molar-refractivity contribution in [1.29, 1.82) is 0 Å². The van der Waals surface area contributed by atoms with E-state index in [1.54, 1.807) is 13.8 Å². The molecule has 0 aromatic rings. The third-order valence-corrected chi connectivity index (χ3v) is 0.750. The largest absolute Gasteiger partial charge is 0.242 e. The molecule has 0 spiro atoms. The van der Waals surface area contributed by atoms with E-state index in [4.69, 9.17) is 0 Å². The number of hydrogen-bond donors (Lipinski definition) is 0. The average molecular weight is 138 g/mol. The first-order valence-electron chi connectivity index (χ1n) is 2.55. The molecule has 4 nitrogen and oxygen atoms in total. The van der Waals surface area contributed by atoms with Crippen LogP contribution in [-0.2, 0) is 9.59 Å². The van der Waals surface area contributed by atoms with E-state index in [-0.39, 0.29) is 5.82 Å². The molecular weight excluding hydrogens is 132 g/mol. The molecule has 4 heteroatoms. The average Bonchev–Trinajstić information content (AvgIpc) is 1.87. The quantitative estimate of drug-likeness (QED) is 0.420. The Balaban J connectivity index is 4.76. The van der Waals surface area contributed by atoms with E-state index in [1.165, 1.54) is 12.2 Å². The van der Waals surface area contributed by atoms with Crippen LogP contribution in [0.25, 0.3) is 0 Å². The lowest BCUT2D eigenvalue weighted by atomic mass is 10.3. The Morgan fingerprint density at radius 1 is 1.10 bits per heavy atom. The van der Waals surface area contributed by atoms with Gasteiger partial charge in [-0.3, -0.25) is 0 Å². The molecule has 0 aliphatic carbocycles. The highest BCUT2D eigenvalue weighted by Gasteiger charge is 1.91. The Hall–Kier alpha value is -1.50. The monoisotopic (exact) mass is 138 g/mol. The van der Waals surface area contributed by atoms with Crippen molar-refractivity contribution in [2.45, 2.75) is 13.8 Å². The maximum Gasteiger partial charge on any atom is 0.242 e. The van der Waals surface area contributed by atoms with E-state index in [0.29, 0.717) is 5.57 Å². The fourth-order valence-electron chi connectivity index (χ4n) is 0.335. The zero-order valence-electron chi connectivity index (χ0n) is 5.71. The van der Waals surface area contributed by atoms with E-state index >= 15 is 0 Å². The third kappa shape index (κ3) is 2.72. The van der Waals surface area contributed by atoms with E-state index < -0.39 is 0 Å². The molecule has 0 bridgehead atoms. The van der Waals surface area contributed by atoms with E-state index in [1.807, 2.05) is 0 Å². The maximum absolute atomic E-state index is 9.68. The molecule has 10 heavy (non-hydrogen) atoms. The second kappa shape index (κ2) is 4.39. The van der Waals surface area contributed by atoms with Gasteiger partial charge in [0.1, 0.15) is 0 Å². The van der Waals surface area contributed by atoms with Gasteiger partial charge in [-0.15, -0.1) is 9.98 Å². The zero-order chi connectivity index (χ0) is 7.98. The molecule has 52 valence electrons. The number of rotatable bonds is 2. The highest BCUT2D eigenvalue weighted by Crippen LogP contribution is 2.03. The molecule has 0 radical (unpaired) electrons. The summed E-state index contributed by atoms with van der Waals surface area (Å²) in [5.41, 5.74) is 0.673. The molecule has 0 saturated carbocycles. The fraction of sp³-hybridized carbons (Fsp3) is 0.333. The van der Waals surface area contributed by atoms with Crippen molar-refractivity contribution in [2.24, 2.45) is 9.98 Å². The lowest BCUT2D eigenvalue weighted by Gasteiger charge is -1.87. The lowest BCUT2D eigenvalue weighted by molar-refractivity contribution is 0.562. The number of aliphatic imine (C=N–C) groups is 2. The van der Waals surface area contributed by atoms with E-state index in [0.717, 1.165) is 0 Å². The molecule has 0 aromatic carbocycles. The van der Waals surface area contributed by atoms with Gasteiger partial charge < -0.3 is 0 Å². The van der Waals surface area contributed by atoms with Crippen LogP contribution < -0.4 is 0 Å². The summed E-state index contributed by atoms with van der Waals surface area (Å²) in [5, 5.41) is 0. The predicted octanol–water partition coefficient (Wildman–Crippen LogP) is 0.909. The van der Waals surface area contributed by atoms with Crippen LogP contribution in [0.5, 0.6) is 0 Å². The Kier molecular flexibility index (Phi) is 3.73. The van der Waals surface area contributed by atoms with Crippen molar-refractivity contribution in [3.63, 3.8) is 0 Å². The summed E-state index contributed by atoms with van der Waals surface area (Å²) in [6.45, 7) is 3.36. The van der Waals surface area contributed by atoms with Gasteiger partial charge in [0.15, 0.2) is 5.82 Å². The van der Waals surface area contributed by atoms with Crippen LogP contribution in [0.1, 0.15) is 13.8 Å². The van der Waals surface area contributed by atoms with Crippen LogP contribution in [-0.4, -0.2) is 12.2 Å². The summed E-state index contributed by atoms with van der Waals surface area (Å²) in [5.74, 6) is 0.0741. The first-order chi connectivity index (χ1) is 4.72. The summed E-state index contributed by atoms with van der Waals surface area (Å²) < 4.78 is 0. The van der Waals surface area contributed by atoms with Gasteiger partial charge >= 0.3 is 0 Å². The fourth-order valence-corrected chi connectivity index (χ4v) is 0.335. The van der Waals surface area contributed by atoms with E-state index in [2.05, 4.69) is 9.98 Å². The van der Waals surface area contributed by atoms with Gasteiger partial charge in [-0.1, -0.05) is 0 Å². The summed E-state index contributed by atoms with van der Waals surface area (Å²) in [6, 6.07) is 0. The summed E-state index contributed by atoms with van der Waals surface area (Å²) in [6.07, 6.45) is 2.56. The first-order valence-corrected chi connectivity index (χ1v) is 2.55. The summed E-state index contributed by atoms with van der Waals surface area (Å²) in [7, 11) is 0. The highest BCUT2D eigenvalue weighted by atomic mass is 16.1. The normalized spacial score (nSPS) is 7.00. The SMILES string of the molecule is CC(C)=C(N=C=O)N=C=O. The minimum absolute atomic E-state index is 0.0741. The summed E-state index contributed by atoms with van der Waals surface area (Å²) in [4.78, 5) is 25.7. The molecule has 0 heterocycles. The Morgan fingerprint density at radius 2 is 1.50 bits per heavy atom. The number of carbonyl (C=O) groups excluding carboxylic acids is 2. The minimum Gasteiger partial charge on any atom is -0.211 e. The number of nitrogens with zero attached hydrogens (tertiary/aromatic N) is 2. The third-order valence-electron chi connectivity index (χ3n) is 0.750. The van der Waals surface area contributed by atoms with Crippen LogP contribution in [0.2, 0.25) is 0 Å². The molecule has 0 rings (SSSR count).